The molecular weight excluding hydrogens is 194 g/mol. The van der Waals surface area contributed by atoms with Gasteiger partial charge in [-0.3, -0.25) is 0 Å². The summed E-state index contributed by atoms with van der Waals surface area (Å²) in [6.07, 6.45) is 0.952. The molecule has 0 unspecified atom stereocenters. The maximum absolute atomic E-state index is 8.13. The second-order valence-corrected chi connectivity index (χ2v) is 4.32. The van der Waals surface area contributed by atoms with Gasteiger partial charge in [0.25, 0.3) is 0 Å². The molecule has 0 radical (unpaired) electrons. The molecule has 0 fully saturated rings. The van der Waals surface area contributed by atoms with Crippen molar-refractivity contribution in [3.05, 3.63) is 10.4 Å². The lowest BCUT2D eigenvalue weighted by atomic mass is 10.0. The molecule has 0 heterocycles. The van der Waals surface area contributed by atoms with Gasteiger partial charge >= 0.3 is 0 Å². The molecule has 0 amide bonds. The van der Waals surface area contributed by atoms with Crippen molar-refractivity contribution in [3.63, 3.8) is 0 Å². The third-order valence-corrected chi connectivity index (χ3v) is 3.01. The highest BCUT2D eigenvalue weighted by Crippen LogP contribution is 2.27. The normalized spacial score (nSPS) is 18.8. The summed E-state index contributed by atoms with van der Waals surface area (Å²) in [5.74, 6) is 0. The Balaban J connectivity index is 4.16. The molecular formula is C6H12BrN3. The molecule has 4 heteroatoms. The van der Waals surface area contributed by atoms with Gasteiger partial charge in [0.05, 0.1) is 0 Å². The van der Waals surface area contributed by atoms with E-state index in [9.17, 15) is 0 Å². The lowest BCUT2D eigenvalue weighted by Gasteiger charge is -2.24. The fourth-order valence-corrected chi connectivity index (χ4v) is 0.585. The fraction of sp³-hybridized carbons (Fsp3) is 1.00. The molecule has 2 atom stereocenters. The maximum atomic E-state index is 8.13. The molecule has 0 aliphatic rings. The fourth-order valence-electron chi connectivity index (χ4n) is 0.493. The van der Waals surface area contributed by atoms with Gasteiger partial charge in [-0.15, -0.1) is 0 Å². The van der Waals surface area contributed by atoms with Gasteiger partial charge in [0.2, 0.25) is 0 Å². The summed E-state index contributed by atoms with van der Waals surface area (Å²) in [5.41, 5.74) is 8.13. The van der Waals surface area contributed by atoms with E-state index in [1.807, 2.05) is 13.8 Å². The molecule has 0 saturated carbocycles. The summed E-state index contributed by atoms with van der Waals surface area (Å²) in [5, 5.41) is 3.60. The van der Waals surface area contributed by atoms with E-state index in [1.165, 1.54) is 0 Å². The average molecular weight is 206 g/mol. The van der Waals surface area contributed by atoms with Crippen molar-refractivity contribution >= 4 is 15.9 Å². The van der Waals surface area contributed by atoms with Gasteiger partial charge in [-0.05, 0) is 18.9 Å². The minimum Gasteiger partial charge on any atom is -0.0895 e. The van der Waals surface area contributed by atoms with E-state index < -0.39 is 0 Å². The summed E-state index contributed by atoms with van der Waals surface area (Å²) in [4.78, 5) is 2.74. The number of nitrogens with zero attached hydrogens (tertiary/aromatic N) is 3. The Bertz CT molecular complexity index is 149. The van der Waals surface area contributed by atoms with E-state index in [0.717, 1.165) is 6.42 Å². The van der Waals surface area contributed by atoms with Gasteiger partial charge in [-0.2, -0.15) is 0 Å². The largest absolute Gasteiger partial charge is 0.0895 e. The predicted octanol–water partition coefficient (Wildman–Crippen LogP) is 3.25. The Morgan fingerprint density at radius 2 is 2.30 bits per heavy atom. The quantitative estimate of drug-likeness (QED) is 0.294. The first kappa shape index (κ1) is 9.79. The summed E-state index contributed by atoms with van der Waals surface area (Å²) in [6, 6.07) is 0.00231. The second kappa shape index (κ2) is 3.84. The van der Waals surface area contributed by atoms with E-state index in [1.54, 1.807) is 0 Å². The Kier molecular flexibility index (Phi) is 3.76. The van der Waals surface area contributed by atoms with Crippen LogP contribution in [0.15, 0.2) is 5.11 Å². The number of azide groups is 1. The number of halogens is 1. The zero-order valence-electron chi connectivity index (χ0n) is 6.50. The lowest BCUT2D eigenvalue weighted by Crippen LogP contribution is -2.27. The van der Waals surface area contributed by atoms with Crippen LogP contribution < -0.4 is 0 Å². The Morgan fingerprint density at radius 1 is 1.80 bits per heavy atom. The van der Waals surface area contributed by atoms with E-state index in [2.05, 4.69) is 32.9 Å². The van der Waals surface area contributed by atoms with E-state index in [-0.39, 0.29) is 10.4 Å². The highest BCUT2D eigenvalue weighted by atomic mass is 79.9. The molecule has 0 saturated heterocycles. The third kappa shape index (κ3) is 2.58. The number of hydrogen-bond donors (Lipinski definition) is 0. The molecule has 0 N–H and O–H groups in total. The van der Waals surface area contributed by atoms with Gasteiger partial charge in [-0.1, -0.05) is 34.9 Å². The number of hydrogen-bond acceptors (Lipinski definition) is 1. The standard InChI is InChI=1S/C6H12BrN3/c1-4-6(3,7)5(2)9-10-8/h5H,4H2,1-3H3/t5-,6+/m0/s1. The van der Waals surface area contributed by atoms with Crippen molar-refractivity contribution < 1.29 is 0 Å². The Morgan fingerprint density at radius 3 is 2.60 bits per heavy atom. The van der Waals surface area contributed by atoms with Crippen LogP contribution in [-0.2, 0) is 0 Å². The summed E-state index contributed by atoms with van der Waals surface area (Å²) in [6.45, 7) is 5.97. The highest BCUT2D eigenvalue weighted by molar-refractivity contribution is 9.10. The summed E-state index contributed by atoms with van der Waals surface area (Å²) in [7, 11) is 0. The van der Waals surface area contributed by atoms with E-state index in [0.29, 0.717) is 0 Å². The molecule has 3 nitrogen and oxygen atoms in total. The number of alkyl halides is 1. The summed E-state index contributed by atoms with van der Waals surface area (Å²) >= 11 is 3.48. The molecule has 0 aromatic carbocycles. The molecule has 0 bridgehead atoms. The van der Waals surface area contributed by atoms with Gasteiger partial charge in [0, 0.05) is 15.3 Å². The van der Waals surface area contributed by atoms with Crippen LogP contribution in [0.4, 0.5) is 0 Å². The zero-order chi connectivity index (χ0) is 8.20. The van der Waals surface area contributed by atoms with Crippen LogP contribution in [0.1, 0.15) is 27.2 Å². The first-order valence-electron chi connectivity index (χ1n) is 3.27. The van der Waals surface area contributed by atoms with Crippen molar-refractivity contribution in [3.8, 4) is 0 Å². The predicted molar refractivity (Wildman–Crippen MR) is 46.2 cm³/mol. The van der Waals surface area contributed by atoms with Gasteiger partial charge < -0.3 is 0 Å². The van der Waals surface area contributed by atoms with Crippen molar-refractivity contribution in [2.75, 3.05) is 0 Å². The second-order valence-electron chi connectivity index (χ2n) is 2.51. The van der Waals surface area contributed by atoms with Crippen molar-refractivity contribution in [2.24, 2.45) is 5.11 Å². The topological polar surface area (TPSA) is 48.8 Å². The molecule has 0 aromatic heterocycles. The van der Waals surface area contributed by atoms with Crippen molar-refractivity contribution in [1.82, 2.24) is 0 Å². The van der Waals surface area contributed by atoms with Crippen LogP contribution >= 0.6 is 15.9 Å². The molecule has 0 rings (SSSR count). The molecule has 0 spiro atoms. The monoisotopic (exact) mass is 205 g/mol. The maximum Gasteiger partial charge on any atom is 0.0496 e. The Hall–Kier alpha value is -0.210. The first-order valence-corrected chi connectivity index (χ1v) is 4.07. The lowest BCUT2D eigenvalue weighted by molar-refractivity contribution is 0.528. The average Bonchev–Trinajstić information content (AvgIpc) is 1.89. The van der Waals surface area contributed by atoms with Gasteiger partial charge in [0.15, 0.2) is 0 Å². The van der Waals surface area contributed by atoms with Crippen LogP contribution in [0.5, 0.6) is 0 Å². The van der Waals surface area contributed by atoms with Gasteiger partial charge in [0.1, 0.15) is 0 Å². The molecule has 0 aliphatic heterocycles. The zero-order valence-corrected chi connectivity index (χ0v) is 8.09. The molecule has 58 valence electrons. The third-order valence-electron chi connectivity index (χ3n) is 1.79. The minimum atomic E-state index is -0.0563. The SMILES string of the molecule is CC[C@@](C)(Br)[C@H](C)N=[N+]=[N-]. The summed E-state index contributed by atoms with van der Waals surface area (Å²) < 4.78 is -0.0563. The van der Waals surface area contributed by atoms with Crippen LogP contribution in [-0.4, -0.2) is 10.4 Å². The van der Waals surface area contributed by atoms with Crippen LogP contribution in [0.2, 0.25) is 0 Å². The van der Waals surface area contributed by atoms with Gasteiger partial charge in [-0.25, -0.2) is 0 Å². The Labute approximate surface area is 69.6 Å². The van der Waals surface area contributed by atoms with E-state index in [4.69, 9.17) is 5.53 Å². The van der Waals surface area contributed by atoms with Crippen LogP contribution in [0.25, 0.3) is 10.4 Å². The smallest absolute Gasteiger partial charge is 0.0496 e. The van der Waals surface area contributed by atoms with Crippen LogP contribution in [0.3, 0.4) is 0 Å². The van der Waals surface area contributed by atoms with E-state index >= 15 is 0 Å². The van der Waals surface area contributed by atoms with Crippen molar-refractivity contribution in [2.45, 2.75) is 37.6 Å². The molecule has 0 aliphatic carbocycles. The highest BCUT2D eigenvalue weighted by Gasteiger charge is 2.24. The first-order chi connectivity index (χ1) is 4.54. The minimum absolute atomic E-state index is 0.00231. The molecule has 10 heavy (non-hydrogen) atoms. The number of rotatable bonds is 3. The van der Waals surface area contributed by atoms with Crippen molar-refractivity contribution in [1.29, 1.82) is 0 Å². The van der Waals surface area contributed by atoms with Crippen LogP contribution in [0, 0.1) is 0 Å². The molecule has 0 aromatic rings.